The van der Waals surface area contributed by atoms with Crippen molar-refractivity contribution in [1.82, 2.24) is 0 Å². The van der Waals surface area contributed by atoms with Crippen LogP contribution in [-0.4, -0.2) is 6.04 Å². The quantitative estimate of drug-likeness (QED) is 0.647. The fourth-order valence-electron chi connectivity index (χ4n) is 1.63. The first kappa shape index (κ1) is 13.5. The van der Waals surface area contributed by atoms with Gasteiger partial charge in [0.15, 0.2) is 0 Å². The van der Waals surface area contributed by atoms with Gasteiger partial charge in [-0.2, -0.15) is 0 Å². The van der Waals surface area contributed by atoms with Crippen molar-refractivity contribution < 1.29 is 4.39 Å². The first-order chi connectivity index (χ1) is 7.45. The Balaban J connectivity index is 2.92. The molecule has 4 heteroatoms. The Morgan fingerprint density at radius 2 is 2.06 bits per heavy atom. The molecule has 90 valence electrons. The third kappa shape index (κ3) is 3.23. The third-order valence-electron chi connectivity index (χ3n) is 2.68. The van der Waals surface area contributed by atoms with Gasteiger partial charge >= 0.3 is 0 Å². The molecule has 0 fully saturated rings. The molecule has 0 aromatic heterocycles. The highest BCUT2D eigenvalue weighted by atomic mass is 127. The Kier molecular flexibility index (Phi) is 4.83. The Bertz CT molecular complexity index is 366. The number of nitrogens with one attached hydrogen (secondary N) is 1. The molecule has 0 spiro atoms. The van der Waals surface area contributed by atoms with Crippen molar-refractivity contribution in [2.75, 3.05) is 11.1 Å². The first-order valence-electron chi connectivity index (χ1n) is 5.46. The Labute approximate surface area is 110 Å². The van der Waals surface area contributed by atoms with Crippen LogP contribution in [0.2, 0.25) is 0 Å². The van der Waals surface area contributed by atoms with Crippen molar-refractivity contribution >= 4 is 34.0 Å². The van der Waals surface area contributed by atoms with Crippen LogP contribution < -0.4 is 11.1 Å². The third-order valence-corrected chi connectivity index (χ3v) is 3.50. The maximum absolute atomic E-state index is 13.4. The van der Waals surface area contributed by atoms with Gasteiger partial charge in [0.1, 0.15) is 5.82 Å². The van der Waals surface area contributed by atoms with Crippen molar-refractivity contribution in [2.24, 2.45) is 5.92 Å². The summed E-state index contributed by atoms with van der Waals surface area (Å²) in [7, 11) is 0. The van der Waals surface area contributed by atoms with Gasteiger partial charge in [-0.15, -0.1) is 0 Å². The minimum atomic E-state index is -0.226. The number of halogens is 2. The predicted molar refractivity (Wildman–Crippen MR) is 76.1 cm³/mol. The van der Waals surface area contributed by atoms with Gasteiger partial charge in [-0.1, -0.05) is 20.8 Å². The molecule has 0 saturated heterocycles. The molecule has 1 aromatic rings. The van der Waals surface area contributed by atoms with Crippen LogP contribution in [0, 0.1) is 15.3 Å². The summed E-state index contributed by atoms with van der Waals surface area (Å²) in [5.74, 6) is 0.266. The number of rotatable bonds is 4. The average Bonchev–Trinajstić information content (AvgIpc) is 2.21. The normalized spacial score (nSPS) is 12.9. The summed E-state index contributed by atoms with van der Waals surface area (Å²) in [6.45, 7) is 6.39. The van der Waals surface area contributed by atoms with Crippen LogP contribution in [0.25, 0.3) is 0 Å². The van der Waals surface area contributed by atoms with E-state index in [2.05, 4.69) is 26.1 Å². The number of hydrogen-bond acceptors (Lipinski definition) is 2. The van der Waals surface area contributed by atoms with Crippen LogP contribution in [0.3, 0.4) is 0 Å². The van der Waals surface area contributed by atoms with E-state index < -0.39 is 0 Å². The van der Waals surface area contributed by atoms with Crippen LogP contribution in [-0.2, 0) is 0 Å². The van der Waals surface area contributed by atoms with Gasteiger partial charge in [-0.25, -0.2) is 4.39 Å². The number of nitrogens with two attached hydrogens (primary N) is 1. The number of hydrogen-bond donors (Lipinski definition) is 2. The Morgan fingerprint density at radius 1 is 1.44 bits per heavy atom. The Morgan fingerprint density at radius 3 is 2.56 bits per heavy atom. The van der Waals surface area contributed by atoms with Gasteiger partial charge in [0.25, 0.3) is 0 Å². The van der Waals surface area contributed by atoms with Crippen molar-refractivity contribution in [3.63, 3.8) is 0 Å². The summed E-state index contributed by atoms with van der Waals surface area (Å²) in [6.07, 6.45) is 0.991. The van der Waals surface area contributed by atoms with Crippen LogP contribution in [0.1, 0.15) is 27.2 Å². The molecule has 0 heterocycles. The topological polar surface area (TPSA) is 38.0 Å². The lowest BCUT2D eigenvalue weighted by Gasteiger charge is -2.23. The Hall–Kier alpha value is -0.520. The summed E-state index contributed by atoms with van der Waals surface area (Å²) in [6, 6.07) is 3.45. The zero-order chi connectivity index (χ0) is 12.3. The molecule has 0 radical (unpaired) electrons. The highest BCUT2D eigenvalue weighted by Gasteiger charge is 2.13. The van der Waals surface area contributed by atoms with Crippen LogP contribution >= 0.6 is 22.6 Å². The van der Waals surface area contributed by atoms with E-state index in [0.29, 0.717) is 26.9 Å². The summed E-state index contributed by atoms with van der Waals surface area (Å²) < 4.78 is 14.0. The largest absolute Gasteiger partial charge is 0.397 e. The fraction of sp³-hybridized carbons (Fsp3) is 0.500. The van der Waals surface area contributed by atoms with E-state index in [1.165, 1.54) is 6.07 Å². The summed E-state index contributed by atoms with van der Waals surface area (Å²) in [4.78, 5) is 0. The van der Waals surface area contributed by atoms with E-state index in [1.807, 2.05) is 22.6 Å². The molecule has 0 amide bonds. The number of benzene rings is 1. The SMILES string of the molecule is CCC(Nc1cc(F)c(I)cc1N)C(C)C. The van der Waals surface area contributed by atoms with Crippen molar-refractivity contribution in [3.8, 4) is 0 Å². The van der Waals surface area contributed by atoms with E-state index in [4.69, 9.17) is 5.73 Å². The second kappa shape index (κ2) is 5.70. The molecular formula is C12H18FIN2. The maximum atomic E-state index is 13.4. The van der Waals surface area contributed by atoms with E-state index in [9.17, 15) is 4.39 Å². The van der Waals surface area contributed by atoms with E-state index in [-0.39, 0.29) is 5.82 Å². The van der Waals surface area contributed by atoms with Crippen LogP contribution in [0.15, 0.2) is 12.1 Å². The maximum Gasteiger partial charge on any atom is 0.138 e. The smallest absolute Gasteiger partial charge is 0.138 e. The highest BCUT2D eigenvalue weighted by molar-refractivity contribution is 14.1. The molecule has 3 N–H and O–H groups in total. The van der Waals surface area contributed by atoms with Gasteiger partial charge in [-0.3, -0.25) is 0 Å². The highest BCUT2D eigenvalue weighted by Crippen LogP contribution is 2.26. The molecule has 16 heavy (non-hydrogen) atoms. The molecule has 2 nitrogen and oxygen atoms in total. The molecule has 1 rings (SSSR count). The zero-order valence-electron chi connectivity index (χ0n) is 9.85. The average molecular weight is 336 g/mol. The lowest BCUT2D eigenvalue weighted by molar-refractivity contribution is 0.511. The van der Waals surface area contributed by atoms with Crippen LogP contribution in [0.5, 0.6) is 0 Å². The van der Waals surface area contributed by atoms with Crippen molar-refractivity contribution in [2.45, 2.75) is 33.2 Å². The lowest BCUT2D eigenvalue weighted by atomic mass is 10.0. The van der Waals surface area contributed by atoms with Crippen LogP contribution in [0.4, 0.5) is 15.8 Å². The van der Waals surface area contributed by atoms with Gasteiger partial charge in [0, 0.05) is 12.1 Å². The second-order valence-electron chi connectivity index (χ2n) is 4.26. The van der Waals surface area contributed by atoms with Gasteiger partial charge in [0.2, 0.25) is 0 Å². The molecule has 0 aliphatic rings. The van der Waals surface area contributed by atoms with E-state index in [0.717, 1.165) is 6.42 Å². The summed E-state index contributed by atoms with van der Waals surface area (Å²) >= 11 is 1.94. The fourth-order valence-corrected chi connectivity index (χ4v) is 2.12. The molecule has 0 saturated carbocycles. The molecule has 0 bridgehead atoms. The monoisotopic (exact) mass is 336 g/mol. The number of nitrogen functional groups attached to an aromatic ring is 1. The molecule has 0 aliphatic carbocycles. The van der Waals surface area contributed by atoms with Gasteiger partial charge in [0.05, 0.1) is 14.9 Å². The molecular weight excluding hydrogens is 318 g/mol. The first-order valence-corrected chi connectivity index (χ1v) is 6.54. The molecule has 1 unspecified atom stereocenters. The minimum absolute atomic E-state index is 0.226. The molecule has 0 aliphatic heterocycles. The summed E-state index contributed by atoms with van der Waals surface area (Å²) in [5, 5.41) is 3.30. The second-order valence-corrected chi connectivity index (χ2v) is 5.42. The molecule has 1 aromatic carbocycles. The summed E-state index contributed by atoms with van der Waals surface area (Å²) in [5.41, 5.74) is 7.15. The van der Waals surface area contributed by atoms with Crippen molar-refractivity contribution in [1.29, 1.82) is 0 Å². The number of anilines is 2. The minimum Gasteiger partial charge on any atom is -0.397 e. The predicted octanol–water partition coefficient (Wildman–Crippen LogP) is 3.86. The molecule has 1 atom stereocenters. The lowest BCUT2D eigenvalue weighted by Crippen LogP contribution is -2.25. The van der Waals surface area contributed by atoms with Crippen molar-refractivity contribution in [3.05, 3.63) is 21.5 Å². The van der Waals surface area contributed by atoms with E-state index >= 15 is 0 Å². The van der Waals surface area contributed by atoms with E-state index in [1.54, 1.807) is 6.07 Å². The standard InChI is InChI=1S/C12H18FIN2/c1-4-11(7(2)3)16-12-5-8(13)9(14)6-10(12)15/h5-7,11,16H,4,15H2,1-3H3. The van der Waals surface area contributed by atoms with Gasteiger partial charge < -0.3 is 11.1 Å². The van der Waals surface area contributed by atoms with Gasteiger partial charge in [-0.05, 0) is 41.0 Å². The zero-order valence-corrected chi connectivity index (χ0v) is 12.0.